The fourth-order valence-corrected chi connectivity index (χ4v) is 3.52. The zero-order valence-corrected chi connectivity index (χ0v) is 14.5. The molecular formula is C18H14Cl2N2O3. The maximum atomic E-state index is 12.3. The topological polar surface area (TPSA) is 75.3 Å². The van der Waals surface area contributed by atoms with Crippen molar-refractivity contribution in [3.63, 3.8) is 0 Å². The van der Waals surface area contributed by atoms with Gasteiger partial charge in [-0.15, -0.1) is 0 Å². The molecule has 0 saturated carbocycles. The van der Waals surface area contributed by atoms with Crippen LogP contribution in [0, 0.1) is 5.92 Å². The Hall–Kier alpha value is -2.37. The highest BCUT2D eigenvalue weighted by molar-refractivity contribution is 6.35. The number of hydrogen-bond acceptors (Lipinski definition) is 3. The molecule has 0 aliphatic carbocycles. The van der Waals surface area contributed by atoms with E-state index in [0.29, 0.717) is 22.0 Å². The summed E-state index contributed by atoms with van der Waals surface area (Å²) in [5, 5.41) is 5.12. The summed E-state index contributed by atoms with van der Waals surface area (Å²) in [6.07, 6.45) is 0.405. The number of nitrogens with one attached hydrogen (secondary N) is 2. The monoisotopic (exact) mass is 376 g/mol. The zero-order chi connectivity index (χ0) is 18.0. The lowest BCUT2D eigenvalue weighted by Gasteiger charge is -2.29. The highest BCUT2D eigenvalue weighted by atomic mass is 35.5. The van der Waals surface area contributed by atoms with Crippen molar-refractivity contribution in [2.24, 2.45) is 5.92 Å². The van der Waals surface area contributed by atoms with Gasteiger partial charge in [0.15, 0.2) is 0 Å². The van der Waals surface area contributed by atoms with Gasteiger partial charge in [0.2, 0.25) is 11.8 Å². The maximum Gasteiger partial charge on any atom is 0.328 e. The Morgan fingerprint density at radius 1 is 0.920 bits per heavy atom. The minimum absolute atomic E-state index is 0.367. The Morgan fingerprint density at radius 3 is 2.16 bits per heavy atom. The van der Waals surface area contributed by atoms with Crippen LogP contribution in [0.3, 0.4) is 0 Å². The van der Waals surface area contributed by atoms with E-state index in [1.807, 2.05) is 30.3 Å². The second kappa shape index (κ2) is 7.25. The first-order chi connectivity index (χ1) is 12.0. The Morgan fingerprint density at radius 2 is 1.56 bits per heavy atom. The lowest BCUT2D eigenvalue weighted by molar-refractivity contribution is -0.136. The molecule has 1 atom stereocenters. The molecule has 5 nitrogen and oxygen atoms in total. The average molecular weight is 377 g/mol. The van der Waals surface area contributed by atoms with E-state index >= 15 is 0 Å². The summed E-state index contributed by atoms with van der Waals surface area (Å²) in [5.41, 5.74) is 1.57. The molecule has 0 aromatic heterocycles. The number of carbonyl (C=O) groups is 3. The summed E-state index contributed by atoms with van der Waals surface area (Å²) in [6.45, 7) is 0. The van der Waals surface area contributed by atoms with Gasteiger partial charge in [0, 0.05) is 16.0 Å². The van der Waals surface area contributed by atoms with Crippen molar-refractivity contribution in [1.29, 1.82) is 0 Å². The molecule has 25 heavy (non-hydrogen) atoms. The summed E-state index contributed by atoms with van der Waals surface area (Å²) in [6, 6.07) is 13.6. The number of imide groups is 2. The SMILES string of the molecule is O=C1NC(=O)C(C(Cc2ccccc2)c2ccc(Cl)cc2Cl)C(=O)N1. The van der Waals surface area contributed by atoms with Crippen molar-refractivity contribution in [2.75, 3.05) is 0 Å². The summed E-state index contributed by atoms with van der Waals surface area (Å²) in [5.74, 6) is -2.89. The van der Waals surface area contributed by atoms with E-state index in [2.05, 4.69) is 10.6 Å². The van der Waals surface area contributed by atoms with Gasteiger partial charge in [-0.3, -0.25) is 20.2 Å². The van der Waals surface area contributed by atoms with Crippen LogP contribution in [0.1, 0.15) is 17.0 Å². The van der Waals surface area contributed by atoms with Crippen LogP contribution in [-0.4, -0.2) is 17.8 Å². The summed E-state index contributed by atoms with van der Waals surface area (Å²) in [7, 11) is 0. The number of hydrogen-bond donors (Lipinski definition) is 2. The quantitative estimate of drug-likeness (QED) is 0.803. The van der Waals surface area contributed by atoms with Gasteiger partial charge in [-0.1, -0.05) is 59.6 Å². The molecule has 1 saturated heterocycles. The zero-order valence-electron chi connectivity index (χ0n) is 13.0. The van der Waals surface area contributed by atoms with Crippen molar-refractivity contribution in [2.45, 2.75) is 12.3 Å². The Labute approximate surface area is 154 Å². The largest absolute Gasteiger partial charge is 0.328 e. The van der Waals surface area contributed by atoms with E-state index in [1.54, 1.807) is 18.2 Å². The number of urea groups is 1. The first-order valence-corrected chi connectivity index (χ1v) is 8.36. The predicted molar refractivity (Wildman–Crippen MR) is 94.5 cm³/mol. The van der Waals surface area contributed by atoms with Crippen LogP contribution < -0.4 is 10.6 Å². The lowest BCUT2D eigenvalue weighted by atomic mass is 9.79. The normalized spacial score (nSPS) is 16.3. The predicted octanol–water partition coefficient (Wildman–Crippen LogP) is 3.30. The molecule has 0 bridgehead atoms. The average Bonchev–Trinajstić information content (AvgIpc) is 2.54. The highest BCUT2D eigenvalue weighted by Gasteiger charge is 2.41. The molecule has 1 aliphatic rings. The van der Waals surface area contributed by atoms with Gasteiger partial charge in [0.25, 0.3) is 0 Å². The molecule has 7 heteroatoms. The van der Waals surface area contributed by atoms with Crippen LogP contribution in [-0.2, 0) is 16.0 Å². The number of barbiturate groups is 1. The van der Waals surface area contributed by atoms with Crippen molar-refractivity contribution in [3.8, 4) is 0 Å². The maximum absolute atomic E-state index is 12.3. The van der Waals surface area contributed by atoms with Gasteiger partial charge in [0.1, 0.15) is 5.92 Å². The third-order valence-corrected chi connectivity index (χ3v) is 4.66. The Kier molecular flexibility index (Phi) is 5.06. The van der Waals surface area contributed by atoms with Crippen LogP contribution in [0.4, 0.5) is 4.79 Å². The summed E-state index contributed by atoms with van der Waals surface area (Å²) < 4.78 is 0. The fourth-order valence-electron chi connectivity index (χ4n) is 2.97. The molecule has 1 heterocycles. The van der Waals surface area contributed by atoms with Crippen molar-refractivity contribution >= 4 is 41.0 Å². The van der Waals surface area contributed by atoms with Crippen molar-refractivity contribution < 1.29 is 14.4 Å². The summed E-state index contributed by atoms with van der Waals surface area (Å²) in [4.78, 5) is 36.0. The van der Waals surface area contributed by atoms with E-state index in [4.69, 9.17) is 23.2 Å². The van der Waals surface area contributed by atoms with Crippen LogP contribution in [0.5, 0.6) is 0 Å². The Balaban J connectivity index is 2.03. The number of benzene rings is 2. The minimum atomic E-state index is -1.07. The number of carbonyl (C=O) groups excluding carboxylic acids is 3. The standard InChI is InChI=1S/C18H14Cl2N2O3/c19-11-6-7-12(14(20)9-11)13(8-10-4-2-1-3-5-10)15-16(23)21-18(25)22-17(15)24/h1-7,9,13,15H,8H2,(H2,21,22,23,24,25). The fraction of sp³-hybridized carbons (Fsp3) is 0.167. The van der Waals surface area contributed by atoms with E-state index in [9.17, 15) is 14.4 Å². The van der Waals surface area contributed by atoms with Gasteiger partial charge >= 0.3 is 6.03 Å². The third-order valence-electron chi connectivity index (χ3n) is 4.10. The molecule has 1 unspecified atom stereocenters. The molecule has 128 valence electrons. The first-order valence-electron chi connectivity index (χ1n) is 7.60. The van der Waals surface area contributed by atoms with Gasteiger partial charge < -0.3 is 0 Å². The van der Waals surface area contributed by atoms with Crippen LogP contribution in [0.2, 0.25) is 10.0 Å². The molecule has 4 amide bonds. The van der Waals surface area contributed by atoms with E-state index < -0.39 is 29.7 Å². The van der Waals surface area contributed by atoms with Gasteiger partial charge in [0.05, 0.1) is 0 Å². The molecule has 2 aromatic rings. The number of rotatable bonds is 4. The smallest absolute Gasteiger partial charge is 0.277 e. The van der Waals surface area contributed by atoms with E-state index in [0.717, 1.165) is 5.56 Å². The molecule has 3 rings (SSSR count). The second-order valence-electron chi connectivity index (χ2n) is 5.75. The second-order valence-corrected chi connectivity index (χ2v) is 6.59. The lowest BCUT2D eigenvalue weighted by Crippen LogP contribution is -2.57. The Bertz CT molecular complexity index is 819. The number of halogens is 2. The van der Waals surface area contributed by atoms with Gasteiger partial charge in [-0.25, -0.2) is 4.79 Å². The van der Waals surface area contributed by atoms with E-state index in [-0.39, 0.29) is 0 Å². The van der Waals surface area contributed by atoms with Crippen molar-refractivity contribution in [3.05, 3.63) is 69.7 Å². The molecule has 1 aliphatic heterocycles. The molecule has 2 N–H and O–H groups in total. The minimum Gasteiger partial charge on any atom is -0.277 e. The van der Waals surface area contributed by atoms with Crippen LogP contribution in [0.25, 0.3) is 0 Å². The van der Waals surface area contributed by atoms with Gasteiger partial charge in [-0.05, 0) is 29.7 Å². The molecular weight excluding hydrogens is 363 g/mol. The number of amides is 4. The molecule has 1 fully saturated rings. The van der Waals surface area contributed by atoms with Crippen molar-refractivity contribution in [1.82, 2.24) is 10.6 Å². The van der Waals surface area contributed by atoms with E-state index in [1.165, 1.54) is 0 Å². The first kappa shape index (κ1) is 17.5. The molecule has 0 spiro atoms. The third kappa shape index (κ3) is 3.83. The van der Waals surface area contributed by atoms with Crippen LogP contribution in [0.15, 0.2) is 48.5 Å². The van der Waals surface area contributed by atoms with Gasteiger partial charge in [-0.2, -0.15) is 0 Å². The summed E-state index contributed by atoms with van der Waals surface area (Å²) >= 11 is 12.3. The van der Waals surface area contributed by atoms with Crippen LogP contribution >= 0.6 is 23.2 Å². The highest BCUT2D eigenvalue weighted by Crippen LogP contribution is 2.36. The molecule has 0 radical (unpaired) electrons. The molecule has 2 aromatic carbocycles.